The fourth-order valence-corrected chi connectivity index (χ4v) is 3.22. The zero-order valence-corrected chi connectivity index (χ0v) is 12.4. The molecule has 22 heavy (non-hydrogen) atoms. The van der Waals surface area contributed by atoms with Crippen LogP contribution in [0, 0.1) is 0 Å². The maximum atomic E-state index is 5.68. The summed E-state index contributed by atoms with van der Waals surface area (Å²) in [5.74, 6) is 0. The Labute approximate surface area is 129 Å². The number of nitrogens with one attached hydrogen (secondary N) is 1. The third-order valence-electron chi connectivity index (χ3n) is 4.38. The van der Waals surface area contributed by atoms with Crippen LogP contribution in [-0.4, -0.2) is 29.5 Å². The Morgan fingerprint density at radius 3 is 2.95 bits per heavy atom. The van der Waals surface area contributed by atoms with E-state index in [1.54, 1.807) is 0 Å². The highest BCUT2D eigenvalue weighted by atomic mass is 16.3. The van der Waals surface area contributed by atoms with Crippen molar-refractivity contribution in [1.82, 2.24) is 15.2 Å². The molecule has 0 spiro atoms. The van der Waals surface area contributed by atoms with E-state index < -0.39 is 0 Å². The first-order valence-electron chi connectivity index (χ1n) is 7.71. The minimum atomic E-state index is 0.380. The van der Waals surface area contributed by atoms with Gasteiger partial charge >= 0.3 is 0 Å². The Kier molecular flexibility index (Phi) is 3.62. The van der Waals surface area contributed by atoms with Crippen molar-refractivity contribution in [2.24, 2.45) is 0 Å². The molecule has 4 heteroatoms. The molecule has 1 aromatic carbocycles. The van der Waals surface area contributed by atoms with Gasteiger partial charge in [0.25, 0.3) is 0 Å². The van der Waals surface area contributed by atoms with Crippen LogP contribution in [0.5, 0.6) is 0 Å². The van der Waals surface area contributed by atoms with Gasteiger partial charge < -0.3 is 9.73 Å². The summed E-state index contributed by atoms with van der Waals surface area (Å²) in [6, 6.07) is 12.8. The topological polar surface area (TPSA) is 41.3 Å². The van der Waals surface area contributed by atoms with E-state index in [0.717, 1.165) is 31.8 Å². The first-order valence-corrected chi connectivity index (χ1v) is 7.71. The van der Waals surface area contributed by atoms with E-state index in [0.29, 0.717) is 6.04 Å². The summed E-state index contributed by atoms with van der Waals surface area (Å²) in [4.78, 5) is 6.64. The van der Waals surface area contributed by atoms with Gasteiger partial charge in [-0.2, -0.15) is 0 Å². The minimum absolute atomic E-state index is 0.380. The van der Waals surface area contributed by atoms with Crippen LogP contribution in [0.2, 0.25) is 0 Å². The van der Waals surface area contributed by atoms with Crippen LogP contribution in [-0.2, 0) is 6.54 Å². The second kappa shape index (κ2) is 5.91. The molecule has 0 radical (unpaired) electrons. The first kappa shape index (κ1) is 13.5. The van der Waals surface area contributed by atoms with Crippen molar-refractivity contribution in [2.45, 2.75) is 12.6 Å². The Balaban J connectivity index is 1.62. The number of benzene rings is 1. The van der Waals surface area contributed by atoms with Crippen molar-refractivity contribution >= 4 is 11.0 Å². The Bertz CT molecular complexity index is 753. The van der Waals surface area contributed by atoms with Crippen LogP contribution in [0.15, 0.2) is 59.5 Å². The third-order valence-corrected chi connectivity index (χ3v) is 4.38. The molecular formula is C18H19N3O. The monoisotopic (exact) mass is 293 g/mol. The standard InChI is InChI=1S/C18H19N3O/c1-2-4-18-16(3-1)15(13-22-18)12-21-10-9-20-11-17(21)14-5-7-19-8-6-14/h1-8,13,17,20H,9-12H2. The van der Waals surface area contributed by atoms with Gasteiger partial charge in [-0.25, -0.2) is 0 Å². The highest BCUT2D eigenvalue weighted by Crippen LogP contribution is 2.27. The van der Waals surface area contributed by atoms with E-state index in [9.17, 15) is 0 Å². The fraction of sp³-hybridized carbons (Fsp3) is 0.278. The van der Waals surface area contributed by atoms with E-state index in [1.807, 2.05) is 30.8 Å². The van der Waals surface area contributed by atoms with Crippen LogP contribution >= 0.6 is 0 Å². The van der Waals surface area contributed by atoms with Gasteiger partial charge in [-0.15, -0.1) is 0 Å². The third kappa shape index (κ3) is 2.51. The molecule has 1 unspecified atom stereocenters. The Morgan fingerprint density at radius 1 is 1.18 bits per heavy atom. The summed E-state index contributed by atoms with van der Waals surface area (Å²) in [6.07, 6.45) is 5.64. The average molecular weight is 293 g/mol. The molecule has 1 aliphatic rings. The maximum Gasteiger partial charge on any atom is 0.134 e. The molecule has 0 bridgehead atoms. The van der Waals surface area contributed by atoms with E-state index in [1.165, 1.54) is 16.5 Å². The van der Waals surface area contributed by atoms with Crippen molar-refractivity contribution < 1.29 is 4.42 Å². The van der Waals surface area contributed by atoms with Gasteiger partial charge in [0.15, 0.2) is 0 Å². The highest BCUT2D eigenvalue weighted by molar-refractivity contribution is 5.80. The van der Waals surface area contributed by atoms with E-state index in [4.69, 9.17) is 4.42 Å². The average Bonchev–Trinajstić information content (AvgIpc) is 2.99. The molecule has 3 aromatic rings. The molecule has 0 saturated carbocycles. The summed E-state index contributed by atoms with van der Waals surface area (Å²) in [6.45, 7) is 3.94. The zero-order chi connectivity index (χ0) is 14.8. The number of hydrogen-bond acceptors (Lipinski definition) is 4. The summed E-state index contributed by atoms with van der Waals surface area (Å²) in [7, 11) is 0. The van der Waals surface area contributed by atoms with Crippen molar-refractivity contribution in [3.05, 3.63) is 66.2 Å². The molecule has 1 aliphatic heterocycles. The van der Waals surface area contributed by atoms with Gasteiger partial charge in [-0.05, 0) is 23.8 Å². The lowest BCUT2D eigenvalue weighted by Gasteiger charge is -2.36. The lowest BCUT2D eigenvalue weighted by molar-refractivity contribution is 0.154. The highest BCUT2D eigenvalue weighted by Gasteiger charge is 2.24. The van der Waals surface area contributed by atoms with Gasteiger partial charge in [0.1, 0.15) is 5.58 Å². The van der Waals surface area contributed by atoms with Crippen LogP contribution in [0.25, 0.3) is 11.0 Å². The lowest BCUT2D eigenvalue weighted by Crippen LogP contribution is -2.45. The normalized spacial score (nSPS) is 19.5. The van der Waals surface area contributed by atoms with Gasteiger partial charge in [-0.3, -0.25) is 9.88 Å². The molecule has 3 heterocycles. The number of rotatable bonds is 3. The summed E-state index contributed by atoms with van der Waals surface area (Å²) in [5, 5.41) is 4.71. The summed E-state index contributed by atoms with van der Waals surface area (Å²) in [5.41, 5.74) is 3.54. The van der Waals surface area contributed by atoms with Gasteiger partial charge in [0, 0.05) is 55.6 Å². The molecule has 4 nitrogen and oxygen atoms in total. The number of fused-ring (bicyclic) bond motifs is 1. The van der Waals surface area contributed by atoms with Crippen LogP contribution < -0.4 is 5.32 Å². The number of nitrogens with zero attached hydrogens (tertiary/aromatic N) is 2. The fourth-order valence-electron chi connectivity index (χ4n) is 3.22. The van der Waals surface area contributed by atoms with Crippen molar-refractivity contribution in [2.75, 3.05) is 19.6 Å². The number of aromatic nitrogens is 1. The number of piperazine rings is 1. The number of para-hydroxylation sites is 1. The van der Waals surface area contributed by atoms with Crippen molar-refractivity contribution in [3.8, 4) is 0 Å². The van der Waals surface area contributed by atoms with Crippen LogP contribution in [0.3, 0.4) is 0 Å². The van der Waals surface area contributed by atoms with Gasteiger partial charge in [-0.1, -0.05) is 18.2 Å². The predicted octanol–water partition coefficient (Wildman–Crippen LogP) is 2.97. The molecule has 1 saturated heterocycles. The summed E-state index contributed by atoms with van der Waals surface area (Å²) >= 11 is 0. The smallest absolute Gasteiger partial charge is 0.134 e. The Hall–Kier alpha value is -2.17. The molecule has 1 fully saturated rings. The SMILES string of the molecule is c1ccc2c(CN3CCNCC3c3ccncc3)coc2c1. The van der Waals surface area contributed by atoms with Crippen LogP contribution in [0.4, 0.5) is 0 Å². The second-order valence-corrected chi connectivity index (χ2v) is 5.73. The van der Waals surface area contributed by atoms with E-state index in [-0.39, 0.29) is 0 Å². The molecule has 1 N–H and O–H groups in total. The largest absolute Gasteiger partial charge is 0.464 e. The maximum absolute atomic E-state index is 5.68. The predicted molar refractivity (Wildman–Crippen MR) is 86.5 cm³/mol. The van der Waals surface area contributed by atoms with Crippen molar-refractivity contribution in [3.63, 3.8) is 0 Å². The molecule has 0 aliphatic carbocycles. The van der Waals surface area contributed by atoms with E-state index in [2.05, 4.69) is 39.5 Å². The number of pyridine rings is 1. The number of hydrogen-bond donors (Lipinski definition) is 1. The van der Waals surface area contributed by atoms with E-state index >= 15 is 0 Å². The van der Waals surface area contributed by atoms with Crippen LogP contribution in [0.1, 0.15) is 17.2 Å². The molecule has 112 valence electrons. The molecule has 0 amide bonds. The molecule has 1 atom stereocenters. The molecule has 2 aromatic heterocycles. The first-order chi connectivity index (χ1) is 10.9. The summed E-state index contributed by atoms with van der Waals surface area (Å²) < 4.78 is 5.68. The van der Waals surface area contributed by atoms with Crippen molar-refractivity contribution in [1.29, 1.82) is 0 Å². The Morgan fingerprint density at radius 2 is 2.05 bits per heavy atom. The van der Waals surface area contributed by atoms with Gasteiger partial charge in [0.2, 0.25) is 0 Å². The zero-order valence-electron chi connectivity index (χ0n) is 12.4. The second-order valence-electron chi connectivity index (χ2n) is 5.73. The quantitative estimate of drug-likeness (QED) is 0.806. The number of furan rings is 1. The lowest BCUT2D eigenvalue weighted by atomic mass is 10.0. The molecular weight excluding hydrogens is 274 g/mol. The van der Waals surface area contributed by atoms with Gasteiger partial charge in [0.05, 0.1) is 6.26 Å². The molecule has 4 rings (SSSR count). The minimum Gasteiger partial charge on any atom is -0.464 e.